The smallest absolute Gasteiger partial charge is 0.408 e. The summed E-state index contributed by atoms with van der Waals surface area (Å²) < 4.78 is 19.0. The van der Waals surface area contributed by atoms with Gasteiger partial charge in [-0.25, -0.2) is 14.0 Å². The Labute approximate surface area is 173 Å². The molecule has 6 heteroatoms. The average Bonchev–Trinajstić information content (AvgIpc) is 3.06. The summed E-state index contributed by atoms with van der Waals surface area (Å²) in [5.41, 5.74) is 2.58. The SMILES string of the molecule is CC(NC(=O)OCC1c2ccccc2-c2ccccc21)(C(=O)O)c1cccc(F)c1. The lowest BCUT2D eigenvalue weighted by Crippen LogP contribution is -2.50. The molecule has 3 aromatic carbocycles. The lowest BCUT2D eigenvalue weighted by molar-refractivity contribution is -0.144. The fourth-order valence-corrected chi connectivity index (χ4v) is 3.89. The summed E-state index contributed by atoms with van der Waals surface area (Å²) in [6.07, 6.45) is -0.883. The van der Waals surface area contributed by atoms with Crippen LogP contribution in [-0.2, 0) is 15.1 Å². The van der Waals surface area contributed by atoms with Gasteiger partial charge in [0.05, 0.1) is 0 Å². The van der Waals surface area contributed by atoms with E-state index in [1.807, 2.05) is 48.5 Å². The Balaban J connectivity index is 1.53. The molecule has 0 heterocycles. The number of halogens is 1. The molecule has 1 atom stereocenters. The Morgan fingerprint density at radius 1 is 1.00 bits per heavy atom. The largest absolute Gasteiger partial charge is 0.479 e. The molecular formula is C24H20FNO4. The van der Waals surface area contributed by atoms with Crippen molar-refractivity contribution >= 4 is 12.1 Å². The number of ether oxygens (including phenoxy) is 1. The number of aliphatic carboxylic acids is 1. The highest BCUT2D eigenvalue weighted by atomic mass is 19.1. The Morgan fingerprint density at radius 3 is 2.17 bits per heavy atom. The van der Waals surface area contributed by atoms with Crippen molar-refractivity contribution in [2.45, 2.75) is 18.4 Å². The van der Waals surface area contributed by atoms with Crippen molar-refractivity contribution in [2.75, 3.05) is 6.61 Å². The fourth-order valence-electron chi connectivity index (χ4n) is 3.89. The van der Waals surface area contributed by atoms with Gasteiger partial charge in [0.25, 0.3) is 0 Å². The molecule has 1 aliphatic carbocycles. The highest BCUT2D eigenvalue weighted by molar-refractivity contribution is 5.85. The van der Waals surface area contributed by atoms with Crippen LogP contribution in [0.4, 0.5) is 9.18 Å². The van der Waals surface area contributed by atoms with Crippen molar-refractivity contribution in [1.82, 2.24) is 5.32 Å². The van der Waals surface area contributed by atoms with Crippen molar-refractivity contribution in [3.8, 4) is 11.1 Å². The monoisotopic (exact) mass is 405 g/mol. The molecule has 3 aromatic rings. The van der Waals surface area contributed by atoms with E-state index in [0.717, 1.165) is 28.3 Å². The van der Waals surface area contributed by atoms with E-state index in [4.69, 9.17) is 4.74 Å². The Morgan fingerprint density at radius 2 is 1.60 bits per heavy atom. The summed E-state index contributed by atoms with van der Waals surface area (Å²) in [4.78, 5) is 24.4. The van der Waals surface area contributed by atoms with Crippen LogP contribution in [0.25, 0.3) is 11.1 Å². The number of hydrogen-bond donors (Lipinski definition) is 2. The first-order valence-electron chi connectivity index (χ1n) is 9.53. The molecular weight excluding hydrogens is 385 g/mol. The normalized spacial score (nSPS) is 14.3. The molecule has 2 N–H and O–H groups in total. The minimum atomic E-state index is -1.83. The minimum Gasteiger partial charge on any atom is -0.479 e. The number of fused-ring (bicyclic) bond motifs is 3. The van der Waals surface area contributed by atoms with Gasteiger partial charge in [0.2, 0.25) is 0 Å². The van der Waals surface area contributed by atoms with E-state index in [1.54, 1.807) is 0 Å². The van der Waals surface area contributed by atoms with Gasteiger partial charge in [-0.15, -0.1) is 0 Å². The summed E-state index contributed by atoms with van der Waals surface area (Å²) in [5.74, 6) is -2.05. The summed E-state index contributed by atoms with van der Waals surface area (Å²) in [6.45, 7) is 1.35. The van der Waals surface area contributed by atoms with Gasteiger partial charge in [-0.05, 0) is 46.9 Å². The van der Waals surface area contributed by atoms with Gasteiger partial charge >= 0.3 is 12.1 Å². The number of carbonyl (C=O) groups is 2. The number of rotatable bonds is 5. The molecule has 0 aromatic heterocycles. The number of hydrogen-bond acceptors (Lipinski definition) is 3. The van der Waals surface area contributed by atoms with Crippen LogP contribution in [0.1, 0.15) is 29.5 Å². The van der Waals surface area contributed by atoms with Crippen LogP contribution >= 0.6 is 0 Å². The van der Waals surface area contributed by atoms with Crippen molar-refractivity contribution in [3.63, 3.8) is 0 Å². The highest BCUT2D eigenvalue weighted by Gasteiger charge is 2.38. The van der Waals surface area contributed by atoms with Gasteiger partial charge < -0.3 is 15.2 Å². The number of alkyl carbamates (subject to hydrolysis) is 1. The predicted molar refractivity (Wildman–Crippen MR) is 110 cm³/mol. The first-order valence-corrected chi connectivity index (χ1v) is 9.53. The Bertz CT molecular complexity index is 1080. The van der Waals surface area contributed by atoms with Gasteiger partial charge in [-0.3, -0.25) is 0 Å². The van der Waals surface area contributed by atoms with Crippen LogP contribution in [0.15, 0.2) is 72.8 Å². The first kappa shape index (κ1) is 19.6. The molecule has 30 heavy (non-hydrogen) atoms. The van der Waals surface area contributed by atoms with Crippen LogP contribution in [0.3, 0.4) is 0 Å². The molecule has 1 amide bonds. The highest BCUT2D eigenvalue weighted by Crippen LogP contribution is 2.44. The molecule has 5 nitrogen and oxygen atoms in total. The first-order chi connectivity index (χ1) is 14.4. The maximum atomic E-state index is 13.6. The van der Waals surface area contributed by atoms with Crippen molar-refractivity contribution in [3.05, 3.63) is 95.3 Å². The molecule has 1 aliphatic rings. The van der Waals surface area contributed by atoms with E-state index in [1.165, 1.54) is 25.1 Å². The summed E-state index contributed by atoms with van der Waals surface area (Å²) in [7, 11) is 0. The van der Waals surface area contributed by atoms with E-state index < -0.39 is 23.4 Å². The third-order valence-corrected chi connectivity index (χ3v) is 5.53. The summed E-state index contributed by atoms with van der Waals surface area (Å²) in [5, 5.41) is 12.1. The molecule has 0 saturated heterocycles. The molecule has 0 spiro atoms. The maximum absolute atomic E-state index is 13.6. The fraction of sp³-hybridized carbons (Fsp3) is 0.167. The zero-order valence-electron chi connectivity index (χ0n) is 16.3. The minimum absolute atomic E-state index is 0.0543. The molecule has 0 bridgehead atoms. The third-order valence-electron chi connectivity index (χ3n) is 5.53. The van der Waals surface area contributed by atoms with Gasteiger partial charge in [-0.1, -0.05) is 60.7 Å². The molecule has 1 unspecified atom stereocenters. The quantitative estimate of drug-likeness (QED) is 0.647. The lowest BCUT2D eigenvalue weighted by atomic mass is 9.92. The summed E-state index contributed by atoms with van der Waals surface area (Å²) >= 11 is 0. The van der Waals surface area contributed by atoms with E-state index in [9.17, 15) is 19.1 Å². The second kappa shape index (κ2) is 7.63. The van der Waals surface area contributed by atoms with E-state index >= 15 is 0 Å². The third kappa shape index (κ3) is 3.41. The van der Waals surface area contributed by atoms with Crippen LogP contribution in [0.2, 0.25) is 0 Å². The zero-order valence-corrected chi connectivity index (χ0v) is 16.3. The number of carboxylic acids is 1. The van der Waals surface area contributed by atoms with Gasteiger partial charge in [-0.2, -0.15) is 0 Å². The number of nitrogens with one attached hydrogen (secondary N) is 1. The van der Waals surface area contributed by atoms with Crippen molar-refractivity contribution in [2.24, 2.45) is 0 Å². The van der Waals surface area contributed by atoms with E-state index in [-0.39, 0.29) is 18.1 Å². The van der Waals surface area contributed by atoms with Crippen molar-refractivity contribution in [1.29, 1.82) is 0 Å². The van der Waals surface area contributed by atoms with Crippen LogP contribution in [-0.4, -0.2) is 23.8 Å². The molecule has 0 aliphatic heterocycles. The molecule has 0 fully saturated rings. The molecule has 0 saturated carbocycles. The number of amides is 1. The van der Waals surface area contributed by atoms with Crippen LogP contribution < -0.4 is 5.32 Å². The molecule has 0 radical (unpaired) electrons. The zero-order chi connectivity index (χ0) is 21.3. The van der Waals surface area contributed by atoms with Gasteiger partial charge in [0, 0.05) is 5.92 Å². The van der Waals surface area contributed by atoms with Crippen molar-refractivity contribution < 1.29 is 23.8 Å². The topological polar surface area (TPSA) is 75.6 Å². The molecule has 152 valence electrons. The van der Waals surface area contributed by atoms with Gasteiger partial charge in [0.15, 0.2) is 5.54 Å². The number of carboxylic acid groups (broad SMARTS) is 1. The maximum Gasteiger partial charge on any atom is 0.408 e. The lowest BCUT2D eigenvalue weighted by Gasteiger charge is -2.26. The number of benzene rings is 3. The second-order valence-corrected chi connectivity index (χ2v) is 7.39. The Hall–Kier alpha value is -3.67. The van der Waals surface area contributed by atoms with Gasteiger partial charge in [0.1, 0.15) is 12.4 Å². The average molecular weight is 405 g/mol. The standard InChI is InChI=1S/C24H20FNO4/c1-24(22(27)28,15-7-6-8-16(25)13-15)26-23(29)30-14-21-19-11-4-2-9-17(19)18-10-3-5-12-20(18)21/h2-13,21H,14H2,1H3,(H,26,29)(H,27,28). The summed E-state index contributed by atoms with van der Waals surface area (Å²) in [6, 6.07) is 21.0. The Kier molecular flexibility index (Phi) is 4.99. The number of carbonyl (C=O) groups excluding carboxylic acids is 1. The van der Waals surface area contributed by atoms with Crippen LogP contribution in [0.5, 0.6) is 0 Å². The van der Waals surface area contributed by atoms with E-state index in [0.29, 0.717) is 0 Å². The predicted octanol–water partition coefficient (Wildman–Crippen LogP) is 4.66. The van der Waals surface area contributed by atoms with Crippen LogP contribution in [0, 0.1) is 5.82 Å². The molecule has 4 rings (SSSR count). The second-order valence-electron chi connectivity index (χ2n) is 7.39. The van der Waals surface area contributed by atoms with E-state index in [2.05, 4.69) is 5.32 Å².